The Hall–Kier alpha value is -4.12. The predicted molar refractivity (Wildman–Crippen MR) is 127 cm³/mol. The van der Waals surface area contributed by atoms with E-state index >= 15 is 0 Å². The van der Waals surface area contributed by atoms with Crippen LogP contribution < -0.4 is 21.6 Å². The van der Waals surface area contributed by atoms with E-state index in [1.54, 1.807) is 24.3 Å². The molecule has 0 bridgehead atoms. The van der Waals surface area contributed by atoms with Gasteiger partial charge in [-0.3, -0.25) is 9.59 Å². The van der Waals surface area contributed by atoms with Crippen LogP contribution in [-0.2, 0) is 0 Å². The first kappa shape index (κ1) is 20.2. The van der Waals surface area contributed by atoms with Gasteiger partial charge in [0.2, 0.25) is 0 Å². The van der Waals surface area contributed by atoms with Crippen LogP contribution in [0.1, 0.15) is 20.7 Å². The lowest BCUT2D eigenvalue weighted by molar-refractivity contribution is 0.101. The fourth-order valence-electron chi connectivity index (χ4n) is 3.19. The molecule has 0 aromatic heterocycles. The maximum atomic E-state index is 12.4. The predicted octanol–water partition coefficient (Wildman–Crippen LogP) is 3.85. The summed E-state index contributed by atoms with van der Waals surface area (Å²) in [6.07, 6.45) is 0. The lowest BCUT2D eigenvalue weighted by Gasteiger charge is -2.09. The second-order valence-electron chi connectivity index (χ2n) is 7.04. The second-order valence-corrected chi connectivity index (χ2v) is 7.04. The number of nitrogens with one attached hydrogen (secondary N) is 2. The summed E-state index contributed by atoms with van der Waals surface area (Å²) in [4.78, 5) is 24.8. The highest BCUT2D eigenvalue weighted by Crippen LogP contribution is 2.09. The van der Waals surface area contributed by atoms with Crippen LogP contribution in [-0.4, -0.2) is 19.1 Å². The lowest BCUT2D eigenvalue weighted by Crippen LogP contribution is -2.28. The fourth-order valence-corrected chi connectivity index (χ4v) is 3.19. The summed E-state index contributed by atoms with van der Waals surface area (Å²) >= 11 is 0. The normalized spacial score (nSPS) is 10.2. The zero-order chi connectivity index (χ0) is 21.5. The molecule has 0 heterocycles. The van der Waals surface area contributed by atoms with Gasteiger partial charge in [-0.1, -0.05) is 71.6 Å². The first-order valence-corrected chi connectivity index (χ1v) is 9.95. The zero-order valence-corrected chi connectivity index (χ0v) is 16.8. The molecule has 4 nitrogen and oxygen atoms in total. The molecule has 2 N–H and O–H groups in total. The molecule has 0 unspecified atom stereocenters. The fraction of sp³-hybridized carbons (Fsp3) is 0. The number of hydrogen-bond acceptors (Lipinski definition) is 2. The van der Waals surface area contributed by atoms with Gasteiger partial charge in [-0.2, -0.15) is 0 Å². The summed E-state index contributed by atoms with van der Waals surface area (Å²) in [6.45, 7) is 0. The van der Waals surface area contributed by atoms with Gasteiger partial charge in [-0.15, -0.1) is 0 Å². The van der Waals surface area contributed by atoms with Crippen molar-refractivity contribution in [2.24, 2.45) is 0 Å². The van der Waals surface area contributed by atoms with Crippen LogP contribution in [0, 0.1) is 0 Å². The SMILES string of the molecule is O=C(Nc1cccc([B]c2cccc(NC(=O)c3ccccc3)c2)c1)c1ccccc1. The van der Waals surface area contributed by atoms with E-state index in [9.17, 15) is 9.59 Å². The minimum absolute atomic E-state index is 0.150. The molecule has 5 heteroatoms. The van der Waals surface area contributed by atoms with Crippen molar-refractivity contribution in [3.63, 3.8) is 0 Å². The van der Waals surface area contributed by atoms with Crippen LogP contribution in [0.5, 0.6) is 0 Å². The highest BCUT2D eigenvalue weighted by molar-refractivity contribution is 6.67. The highest BCUT2D eigenvalue weighted by atomic mass is 16.2. The summed E-state index contributed by atoms with van der Waals surface area (Å²) in [5.41, 5.74) is 4.54. The van der Waals surface area contributed by atoms with Gasteiger partial charge in [0.05, 0.1) is 0 Å². The molecule has 0 saturated carbocycles. The molecule has 4 aromatic carbocycles. The first-order chi connectivity index (χ1) is 15.2. The van der Waals surface area contributed by atoms with Crippen molar-refractivity contribution in [2.45, 2.75) is 0 Å². The van der Waals surface area contributed by atoms with Crippen molar-refractivity contribution in [1.82, 2.24) is 0 Å². The molecular weight excluding hydrogens is 383 g/mol. The summed E-state index contributed by atoms with van der Waals surface area (Å²) in [5.74, 6) is -0.299. The minimum Gasteiger partial charge on any atom is -0.322 e. The second kappa shape index (κ2) is 9.59. The third-order valence-electron chi connectivity index (χ3n) is 4.69. The van der Waals surface area contributed by atoms with Crippen LogP contribution in [0.3, 0.4) is 0 Å². The third-order valence-corrected chi connectivity index (χ3v) is 4.69. The van der Waals surface area contributed by atoms with Crippen LogP contribution in [0.15, 0.2) is 109 Å². The maximum absolute atomic E-state index is 12.4. The van der Waals surface area contributed by atoms with E-state index in [-0.39, 0.29) is 11.8 Å². The Morgan fingerprint density at radius 3 is 1.35 bits per heavy atom. The van der Waals surface area contributed by atoms with E-state index in [0.29, 0.717) is 11.1 Å². The molecule has 0 fully saturated rings. The Morgan fingerprint density at radius 1 is 0.516 bits per heavy atom. The van der Waals surface area contributed by atoms with Gasteiger partial charge in [0.1, 0.15) is 0 Å². The van der Waals surface area contributed by atoms with Crippen molar-refractivity contribution < 1.29 is 9.59 Å². The molecule has 0 aliphatic carbocycles. The maximum Gasteiger partial charge on any atom is 0.255 e. The number of anilines is 2. The van der Waals surface area contributed by atoms with Gasteiger partial charge in [-0.05, 0) is 48.5 Å². The van der Waals surface area contributed by atoms with Crippen LogP contribution in [0.2, 0.25) is 0 Å². The van der Waals surface area contributed by atoms with Crippen LogP contribution >= 0.6 is 0 Å². The smallest absolute Gasteiger partial charge is 0.255 e. The third kappa shape index (κ3) is 5.49. The molecule has 31 heavy (non-hydrogen) atoms. The standard InChI is InChI=1S/C26H20BN2O2/c30-25(19-9-3-1-4-10-19)28-23-15-7-13-21(17-23)27-22-14-8-16-24(18-22)29-26(31)20-11-5-2-6-12-20/h1-18H,(H,28,30)(H,29,31). The molecule has 149 valence electrons. The topological polar surface area (TPSA) is 58.2 Å². The number of rotatable bonds is 6. The van der Waals surface area contributed by atoms with E-state index < -0.39 is 0 Å². The van der Waals surface area contributed by atoms with Gasteiger partial charge in [0, 0.05) is 22.5 Å². The Labute approximate surface area is 182 Å². The van der Waals surface area contributed by atoms with Crippen molar-refractivity contribution >= 4 is 41.4 Å². The van der Waals surface area contributed by atoms with Crippen molar-refractivity contribution in [3.8, 4) is 0 Å². The zero-order valence-electron chi connectivity index (χ0n) is 16.8. The lowest BCUT2D eigenvalue weighted by atomic mass is 9.64. The Morgan fingerprint density at radius 2 is 0.935 bits per heavy atom. The molecular formula is C26H20BN2O2. The number of amides is 2. The number of carbonyl (C=O) groups is 2. The summed E-state index contributed by atoms with van der Waals surface area (Å²) in [5, 5.41) is 5.85. The quantitative estimate of drug-likeness (QED) is 0.481. The molecule has 0 aliphatic rings. The molecule has 0 saturated heterocycles. The number of hydrogen-bond donors (Lipinski definition) is 2. The monoisotopic (exact) mass is 403 g/mol. The summed E-state index contributed by atoms with van der Waals surface area (Å²) in [6, 6.07) is 33.5. The largest absolute Gasteiger partial charge is 0.322 e. The van der Waals surface area contributed by atoms with E-state index in [1.165, 1.54) is 0 Å². The molecule has 4 aromatic rings. The molecule has 4 rings (SSSR count). The molecule has 2 amide bonds. The Kier molecular flexibility index (Phi) is 6.24. The van der Waals surface area contributed by atoms with Gasteiger partial charge in [-0.25, -0.2) is 0 Å². The van der Waals surface area contributed by atoms with Crippen molar-refractivity contribution in [2.75, 3.05) is 10.6 Å². The van der Waals surface area contributed by atoms with E-state index in [0.717, 1.165) is 22.3 Å². The summed E-state index contributed by atoms with van der Waals surface area (Å²) in [7, 11) is 2.00. The van der Waals surface area contributed by atoms with E-state index in [4.69, 9.17) is 0 Å². The van der Waals surface area contributed by atoms with Crippen LogP contribution in [0.4, 0.5) is 11.4 Å². The van der Waals surface area contributed by atoms with E-state index in [2.05, 4.69) is 10.6 Å². The number of benzene rings is 4. The number of carbonyl (C=O) groups excluding carboxylic acids is 2. The summed E-state index contributed by atoms with van der Waals surface area (Å²) < 4.78 is 0. The Balaban J connectivity index is 1.44. The van der Waals surface area contributed by atoms with Crippen molar-refractivity contribution in [3.05, 3.63) is 120 Å². The molecule has 0 spiro atoms. The van der Waals surface area contributed by atoms with Gasteiger partial charge in [0.25, 0.3) is 11.8 Å². The minimum atomic E-state index is -0.150. The van der Waals surface area contributed by atoms with E-state index in [1.807, 2.05) is 92.2 Å². The van der Waals surface area contributed by atoms with Gasteiger partial charge < -0.3 is 10.6 Å². The molecule has 0 atom stereocenters. The average Bonchev–Trinajstić information content (AvgIpc) is 2.81. The first-order valence-electron chi connectivity index (χ1n) is 9.95. The van der Waals surface area contributed by atoms with Gasteiger partial charge >= 0.3 is 0 Å². The Bertz CT molecular complexity index is 1100. The molecule has 0 aliphatic heterocycles. The van der Waals surface area contributed by atoms with Crippen molar-refractivity contribution in [1.29, 1.82) is 0 Å². The molecule has 1 radical (unpaired) electrons. The average molecular weight is 403 g/mol. The highest BCUT2D eigenvalue weighted by Gasteiger charge is 2.08. The van der Waals surface area contributed by atoms with Gasteiger partial charge in [0.15, 0.2) is 7.28 Å². The van der Waals surface area contributed by atoms with Crippen LogP contribution in [0.25, 0.3) is 0 Å².